The number of ether oxygens (including phenoxy) is 2. The van der Waals surface area contributed by atoms with Crippen molar-refractivity contribution in [2.75, 3.05) is 46.5 Å². The summed E-state index contributed by atoms with van der Waals surface area (Å²) >= 11 is 0. The van der Waals surface area contributed by atoms with Gasteiger partial charge in [0.1, 0.15) is 0 Å². The van der Waals surface area contributed by atoms with E-state index >= 15 is 0 Å². The fourth-order valence-electron chi connectivity index (χ4n) is 2.00. The van der Waals surface area contributed by atoms with Crippen LogP contribution in [0.25, 0.3) is 0 Å². The monoisotopic (exact) mass is 216 g/mol. The van der Waals surface area contributed by atoms with Crippen LogP contribution >= 0.6 is 0 Å². The highest BCUT2D eigenvalue weighted by Gasteiger charge is 2.26. The van der Waals surface area contributed by atoms with Crippen molar-refractivity contribution in [3.8, 4) is 0 Å². The maximum atomic E-state index is 5.79. The lowest BCUT2D eigenvalue weighted by Gasteiger charge is -2.36. The second-order valence-corrected chi connectivity index (χ2v) is 3.92. The summed E-state index contributed by atoms with van der Waals surface area (Å²) in [7, 11) is 1.74. The van der Waals surface area contributed by atoms with E-state index in [1.54, 1.807) is 7.11 Å². The Kier molecular flexibility index (Phi) is 6.17. The molecule has 0 bridgehead atoms. The predicted octanol–water partition coefficient (Wildman–Crippen LogP) is 0.332. The van der Waals surface area contributed by atoms with Gasteiger partial charge in [0.15, 0.2) is 0 Å². The van der Waals surface area contributed by atoms with Crippen LogP contribution in [0.3, 0.4) is 0 Å². The Hall–Kier alpha value is -0.160. The van der Waals surface area contributed by atoms with E-state index in [1.807, 2.05) is 0 Å². The molecule has 1 saturated heterocycles. The molecule has 15 heavy (non-hydrogen) atoms. The fourth-order valence-corrected chi connectivity index (χ4v) is 2.00. The minimum absolute atomic E-state index is 0.263. The lowest BCUT2D eigenvalue weighted by atomic mass is 10.1. The van der Waals surface area contributed by atoms with Crippen LogP contribution in [0.4, 0.5) is 0 Å². The minimum atomic E-state index is 0.263. The summed E-state index contributed by atoms with van der Waals surface area (Å²) < 4.78 is 11.0. The second-order valence-electron chi connectivity index (χ2n) is 3.92. The summed E-state index contributed by atoms with van der Waals surface area (Å²) in [5.41, 5.74) is 0. The number of nitrogens with one attached hydrogen (secondary N) is 1. The van der Waals surface area contributed by atoms with E-state index in [0.717, 1.165) is 39.4 Å². The zero-order chi connectivity index (χ0) is 11.1. The van der Waals surface area contributed by atoms with Crippen LogP contribution in [0.1, 0.15) is 13.8 Å². The van der Waals surface area contributed by atoms with Crippen molar-refractivity contribution in [2.24, 2.45) is 0 Å². The molecular weight excluding hydrogens is 192 g/mol. The number of hydrogen-bond acceptors (Lipinski definition) is 4. The van der Waals surface area contributed by atoms with E-state index in [4.69, 9.17) is 9.47 Å². The van der Waals surface area contributed by atoms with Gasteiger partial charge in [0, 0.05) is 20.2 Å². The van der Waals surface area contributed by atoms with Crippen LogP contribution in [-0.4, -0.2) is 63.5 Å². The molecule has 90 valence electrons. The fraction of sp³-hybridized carbons (Fsp3) is 1.00. The third-order valence-electron chi connectivity index (χ3n) is 2.89. The van der Waals surface area contributed by atoms with E-state index in [-0.39, 0.29) is 6.10 Å². The Morgan fingerprint density at radius 2 is 2.33 bits per heavy atom. The standard InChI is InChI=1S/C11H24N2O2/c1-4-12-10(9-14-3)11-8-13(5-2)6-7-15-11/h10-12H,4-9H2,1-3H3. The molecule has 1 fully saturated rings. The molecular formula is C11H24N2O2. The third kappa shape index (κ3) is 4.07. The summed E-state index contributed by atoms with van der Waals surface area (Å²) in [6, 6.07) is 0.314. The van der Waals surface area contributed by atoms with Gasteiger partial charge in [-0.1, -0.05) is 13.8 Å². The highest BCUT2D eigenvalue weighted by Crippen LogP contribution is 2.09. The van der Waals surface area contributed by atoms with Gasteiger partial charge in [-0.25, -0.2) is 0 Å². The molecule has 1 heterocycles. The number of morpholine rings is 1. The average Bonchev–Trinajstić information content (AvgIpc) is 2.29. The highest BCUT2D eigenvalue weighted by molar-refractivity contribution is 4.82. The molecule has 1 N–H and O–H groups in total. The first-order valence-corrected chi connectivity index (χ1v) is 5.88. The van der Waals surface area contributed by atoms with E-state index in [9.17, 15) is 0 Å². The van der Waals surface area contributed by atoms with Crippen molar-refractivity contribution in [3.63, 3.8) is 0 Å². The van der Waals surface area contributed by atoms with E-state index in [1.165, 1.54) is 0 Å². The van der Waals surface area contributed by atoms with Crippen molar-refractivity contribution in [2.45, 2.75) is 26.0 Å². The quantitative estimate of drug-likeness (QED) is 0.694. The third-order valence-corrected chi connectivity index (χ3v) is 2.89. The SMILES string of the molecule is CCNC(COC)C1CN(CC)CCO1. The number of nitrogens with zero attached hydrogens (tertiary/aromatic N) is 1. The van der Waals surface area contributed by atoms with Crippen LogP contribution in [0.5, 0.6) is 0 Å². The first-order chi connectivity index (χ1) is 7.31. The van der Waals surface area contributed by atoms with Crippen LogP contribution in [0.15, 0.2) is 0 Å². The van der Waals surface area contributed by atoms with Crippen molar-refractivity contribution >= 4 is 0 Å². The van der Waals surface area contributed by atoms with Crippen LogP contribution < -0.4 is 5.32 Å². The Labute approximate surface area is 92.9 Å². The maximum absolute atomic E-state index is 5.79. The Morgan fingerprint density at radius 3 is 2.93 bits per heavy atom. The molecule has 0 spiro atoms. The molecule has 1 aliphatic heterocycles. The molecule has 1 aliphatic rings. The molecule has 0 aromatic heterocycles. The summed E-state index contributed by atoms with van der Waals surface area (Å²) in [6.45, 7) is 9.99. The van der Waals surface area contributed by atoms with Gasteiger partial charge in [-0.2, -0.15) is 0 Å². The molecule has 0 saturated carbocycles. The van der Waals surface area contributed by atoms with Gasteiger partial charge >= 0.3 is 0 Å². The molecule has 4 heteroatoms. The number of likely N-dealkylation sites (N-methyl/N-ethyl adjacent to an activating group) is 2. The van der Waals surface area contributed by atoms with Gasteiger partial charge in [0.2, 0.25) is 0 Å². The molecule has 2 atom stereocenters. The summed E-state index contributed by atoms with van der Waals surface area (Å²) in [5, 5.41) is 3.42. The zero-order valence-corrected chi connectivity index (χ0v) is 10.2. The molecule has 0 aromatic rings. The first-order valence-electron chi connectivity index (χ1n) is 5.88. The lowest BCUT2D eigenvalue weighted by Crippen LogP contribution is -2.53. The molecule has 2 unspecified atom stereocenters. The van der Waals surface area contributed by atoms with E-state index in [0.29, 0.717) is 6.04 Å². The van der Waals surface area contributed by atoms with Gasteiger partial charge in [-0.05, 0) is 13.1 Å². The summed E-state index contributed by atoms with van der Waals surface area (Å²) in [6.07, 6.45) is 0.263. The van der Waals surface area contributed by atoms with Crippen LogP contribution in [0.2, 0.25) is 0 Å². The highest BCUT2D eigenvalue weighted by atomic mass is 16.5. The maximum Gasteiger partial charge on any atom is 0.0877 e. The number of hydrogen-bond donors (Lipinski definition) is 1. The average molecular weight is 216 g/mol. The molecule has 0 radical (unpaired) electrons. The van der Waals surface area contributed by atoms with Crippen molar-refractivity contribution in [1.29, 1.82) is 0 Å². The Morgan fingerprint density at radius 1 is 1.53 bits per heavy atom. The number of methoxy groups -OCH3 is 1. The van der Waals surface area contributed by atoms with Gasteiger partial charge in [0.25, 0.3) is 0 Å². The van der Waals surface area contributed by atoms with E-state index in [2.05, 4.69) is 24.1 Å². The molecule has 0 amide bonds. The minimum Gasteiger partial charge on any atom is -0.383 e. The molecule has 1 rings (SSSR count). The lowest BCUT2D eigenvalue weighted by molar-refractivity contribution is -0.0563. The van der Waals surface area contributed by atoms with Crippen molar-refractivity contribution in [3.05, 3.63) is 0 Å². The second kappa shape index (κ2) is 7.17. The van der Waals surface area contributed by atoms with Crippen LogP contribution in [-0.2, 0) is 9.47 Å². The zero-order valence-electron chi connectivity index (χ0n) is 10.2. The van der Waals surface area contributed by atoms with Crippen molar-refractivity contribution in [1.82, 2.24) is 10.2 Å². The smallest absolute Gasteiger partial charge is 0.0877 e. The van der Waals surface area contributed by atoms with E-state index < -0.39 is 0 Å². The van der Waals surface area contributed by atoms with Gasteiger partial charge < -0.3 is 14.8 Å². The normalized spacial score (nSPS) is 25.4. The van der Waals surface area contributed by atoms with Gasteiger partial charge in [0.05, 0.1) is 25.4 Å². The molecule has 0 aromatic carbocycles. The first kappa shape index (κ1) is 12.9. The van der Waals surface area contributed by atoms with Gasteiger partial charge in [-0.15, -0.1) is 0 Å². The van der Waals surface area contributed by atoms with Crippen LogP contribution in [0, 0.1) is 0 Å². The largest absolute Gasteiger partial charge is 0.383 e. The predicted molar refractivity (Wildman–Crippen MR) is 61.2 cm³/mol. The van der Waals surface area contributed by atoms with Crippen molar-refractivity contribution < 1.29 is 9.47 Å². The summed E-state index contributed by atoms with van der Waals surface area (Å²) in [5.74, 6) is 0. The Bertz CT molecular complexity index is 161. The Balaban J connectivity index is 2.42. The summed E-state index contributed by atoms with van der Waals surface area (Å²) in [4.78, 5) is 2.42. The number of rotatable bonds is 6. The molecule has 4 nitrogen and oxygen atoms in total. The molecule has 0 aliphatic carbocycles. The topological polar surface area (TPSA) is 33.7 Å². The van der Waals surface area contributed by atoms with Gasteiger partial charge in [-0.3, -0.25) is 4.90 Å².